The minimum atomic E-state index is -1.95. The van der Waals surface area contributed by atoms with Crippen molar-refractivity contribution in [1.82, 2.24) is 0 Å². The van der Waals surface area contributed by atoms with Crippen molar-refractivity contribution in [3.8, 4) is 0 Å². The number of rotatable bonds is 10. The van der Waals surface area contributed by atoms with Crippen LogP contribution in [0.3, 0.4) is 0 Å². The summed E-state index contributed by atoms with van der Waals surface area (Å²) in [5.41, 5.74) is 2.07. The molecule has 0 radical (unpaired) electrons. The second kappa shape index (κ2) is 11.8. The van der Waals surface area contributed by atoms with Gasteiger partial charge < -0.3 is 4.74 Å². The lowest BCUT2D eigenvalue weighted by Crippen LogP contribution is -2.35. The van der Waals surface area contributed by atoms with Crippen molar-refractivity contribution in [3.63, 3.8) is 0 Å². The summed E-state index contributed by atoms with van der Waals surface area (Å²) in [6, 6.07) is 40.1. The molecule has 34 heavy (non-hydrogen) atoms. The third-order valence-corrected chi connectivity index (χ3v) is 10.8. The van der Waals surface area contributed by atoms with E-state index in [0.717, 1.165) is 30.1 Å². The Morgan fingerprint density at radius 1 is 0.706 bits per heavy atom. The molecule has 0 saturated carbocycles. The average molecular weight is 468 g/mol. The number of hydrogen-bond donors (Lipinski definition) is 0. The molecule has 0 bridgehead atoms. The van der Waals surface area contributed by atoms with Gasteiger partial charge in [-0.05, 0) is 42.3 Å². The van der Waals surface area contributed by atoms with Gasteiger partial charge in [-0.1, -0.05) is 98.3 Å². The fraction of sp³-hybridized carbons (Fsp3) is 0.194. The van der Waals surface area contributed by atoms with Gasteiger partial charge >= 0.3 is 5.97 Å². The van der Waals surface area contributed by atoms with Crippen LogP contribution in [-0.4, -0.2) is 12.1 Å². The lowest BCUT2D eigenvalue weighted by Gasteiger charge is -2.29. The first-order chi connectivity index (χ1) is 16.7. The van der Waals surface area contributed by atoms with E-state index in [1.807, 2.05) is 36.4 Å². The Labute approximate surface area is 204 Å². The molecule has 4 aromatic carbocycles. The molecule has 0 heterocycles. The maximum Gasteiger partial charge on any atom is 0.310 e. The lowest BCUT2D eigenvalue weighted by atomic mass is 10.1. The molecule has 0 atom stereocenters. The third-order valence-electron chi connectivity index (χ3n) is 6.22. The van der Waals surface area contributed by atoms with Gasteiger partial charge in [0.25, 0.3) is 0 Å². The molecule has 0 amide bonds. The smallest absolute Gasteiger partial charge is 0.310 e. The van der Waals surface area contributed by atoms with Crippen molar-refractivity contribution in [3.05, 3.63) is 126 Å². The summed E-state index contributed by atoms with van der Waals surface area (Å²) < 4.78 is 5.67. The van der Waals surface area contributed by atoms with Crippen molar-refractivity contribution < 1.29 is 9.53 Å². The Bertz CT molecular complexity index is 1130. The molecular formula is C31H32O2P+. The first-order valence-corrected chi connectivity index (χ1v) is 14.0. The number of hydrogen-bond acceptors (Lipinski definition) is 2. The number of carbonyl (C=O) groups excluding carboxylic acids is 1. The van der Waals surface area contributed by atoms with Crippen LogP contribution in [0.15, 0.2) is 115 Å². The third kappa shape index (κ3) is 5.46. The van der Waals surface area contributed by atoms with Gasteiger partial charge in [0.2, 0.25) is 0 Å². The molecule has 4 rings (SSSR count). The van der Waals surface area contributed by atoms with Gasteiger partial charge in [0, 0.05) is 5.56 Å². The van der Waals surface area contributed by atoms with E-state index in [1.54, 1.807) is 0 Å². The van der Waals surface area contributed by atoms with E-state index in [-0.39, 0.29) is 12.4 Å². The zero-order valence-electron chi connectivity index (χ0n) is 19.8. The molecule has 0 N–H and O–H groups in total. The first-order valence-electron chi connectivity index (χ1n) is 12.0. The molecule has 0 spiro atoms. The summed E-state index contributed by atoms with van der Waals surface area (Å²) in [5, 5.41) is 4.01. The van der Waals surface area contributed by atoms with E-state index >= 15 is 0 Å². The number of esters is 1. The van der Waals surface area contributed by atoms with E-state index in [2.05, 4.69) is 85.8 Å². The van der Waals surface area contributed by atoms with Crippen LogP contribution in [0.4, 0.5) is 0 Å². The first kappa shape index (κ1) is 23.9. The van der Waals surface area contributed by atoms with Crippen molar-refractivity contribution in [2.75, 3.05) is 6.16 Å². The molecule has 0 saturated heterocycles. The largest absolute Gasteiger partial charge is 0.461 e. The van der Waals surface area contributed by atoms with Crippen molar-refractivity contribution in [1.29, 1.82) is 0 Å². The Balaban J connectivity index is 1.74. The average Bonchev–Trinajstić information content (AvgIpc) is 2.90. The second-order valence-corrected chi connectivity index (χ2v) is 12.1. The molecule has 2 nitrogen and oxygen atoms in total. The number of ether oxygens (including phenoxy) is 1. The van der Waals surface area contributed by atoms with E-state index in [4.69, 9.17) is 4.74 Å². The lowest BCUT2D eigenvalue weighted by molar-refractivity contribution is -0.144. The van der Waals surface area contributed by atoms with E-state index in [9.17, 15) is 4.79 Å². The highest BCUT2D eigenvalue weighted by Gasteiger charge is 2.46. The van der Waals surface area contributed by atoms with Gasteiger partial charge in [-0.25, -0.2) is 0 Å². The molecule has 0 fully saturated rings. The summed E-state index contributed by atoms with van der Waals surface area (Å²) >= 11 is 0. The SMILES string of the molecule is CCCC[P+](c1ccccc1)(c1ccccc1)c1ccccc1CC(=O)OCc1ccccc1. The molecule has 0 unspecified atom stereocenters. The maximum atomic E-state index is 12.9. The highest BCUT2D eigenvalue weighted by atomic mass is 31.2. The van der Waals surface area contributed by atoms with Crippen LogP contribution in [0.2, 0.25) is 0 Å². The molecule has 0 aliphatic rings. The van der Waals surface area contributed by atoms with Crippen molar-refractivity contribution in [2.24, 2.45) is 0 Å². The molecule has 3 heteroatoms. The second-order valence-electron chi connectivity index (χ2n) is 8.51. The zero-order chi connectivity index (χ0) is 23.6. The van der Waals surface area contributed by atoms with E-state index < -0.39 is 7.26 Å². The van der Waals surface area contributed by atoms with Gasteiger partial charge in [0.15, 0.2) is 0 Å². The maximum absolute atomic E-state index is 12.9. The van der Waals surface area contributed by atoms with Crippen LogP contribution in [0.25, 0.3) is 0 Å². The van der Waals surface area contributed by atoms with Crippen LogP contribution in [0.1, 0.15) is 30.9 Å². The monoisotopic (exact) mass is 467 g/mol. The predicted molar refractivity (Wildman–Crippen MR) is 145 cm³/mol. The normalized spacial score (nSPS) is 11.2. The molecular weight excluding hydrogens is 435 g/mol. The number of benzene rings is 4. The standard InChI is InChI=1S/C31H32O2P/c1-2-3-23-34(28-18-9-5-10-19-28,29-20-11-6-12-21-29)30-22-14-13-17-27(30)24-31(32)33-25-26-15-7-4-8-16-26/h4-22H,2-3,23-25H2,1H3/q+1. The molecule has 0 aliphatic heterocycles. The zero-order valence-corrected chi connectivity index (χ0v) is 20.7. The molecule has 4 aromatic rings. The van der Waals surface area contributed by atoms with Crippen LogP contribution < -0.4 is 15.9 Å². The highest BCUT2D eigenvalue weighted by molar-refractivity contribution is 7.95. The summed E-state index contributed by atoms with van der Waals surface area (Å²) in [4.78, 5) is 12.9. The quantitative estimate of drug-likeness (QED) is 0.209. The minimum Gasteiger partial charge on any atom is -0.461 e. The Morgan fingerprint density at radius 3 is 1.82 bits per heavy atom. The van der Waals surface area contributed by atoms with Crippen LogP contribution >= 0.6 is 7.26 Å². The molecule has 0 aromatic heterocycles. The number of unbranched alkanes of at least 4 members (excludes halogenated alkanes) is 1. The highest BCUT2D eigenvalue weighted by Crippen LogP contribution is 2.56. The Morgan fingerprint density at radius 2 is 1.24 bits per heavy atom. The molecule has 172 valence electrons. The molecule has 0 aliphatic carbocycles. The predicted octanol–water partition coefficient (Wildman–Crippen LogP) is 6.07. The minimum absolute atomic E-state index is 0.189. The van der Waals surface area contributed by atoms with Crippen LogP contribution in [0.5, 0.6) is 0 Å². The van der Waals surface area contributed by atoms with Gasteiger partial charge in [0.1, 0.15) is 29.8 Å². The summed E-state index contributed by atoms with van der Waals surface area (Å²) in [6.45, 7) is 2.55. The van der Waals surface area contributed by atoms with Crippen molar-refractivity contribution >= 4 is 29.1 Å². The van der Waals surface area contributed by atoms with Crippen LogP contribution in [0, 0.1) is 0 Å². The topological polar surface area (TPSA) is 26.3 Å². The van der Waals surface area contributed by atoms with Crippen molar-refractivity contribution in [2.45, 2.75) is 32.8 Å². The van der Waals surface area contributed by atoms with E-state index in [1.165, 1.54) is 15.9 Å². The van der Waals surface area contributed by atoms with Gasteiger partial charge in [0.05, 0.1) is 12.6 Å². The Hall–Kier alpha value is -3.22. The number of carbonyl (C=O) groups is 1. The fourth-order valence-electron chi connectivity index (χ4n) is 4.54. The van der Waals surface area contributed by atoms with Gasteiger partial charge in [-0.15, -0.1) is 0 Å². The van der Waals surface area contributed by atoms with Crippen LogP contribution in [-0.2, 0) is 22.6 Å². The summed E-state index contributed by atoms with van der Waals surface area (Å²) in [5.74, 6) is -0.189. The van der Waals surface area contributed by atoms with E-state index in [0.29, 0.717) is 6.61 Å². The van der Waals surface area contributed by atoms with Gasteiger partial charge in [-0.2, -0.15) is 0 Å². The fourth-order valence-corrected chi connectivity index (χ4v) is 9.29. The van der Waals surface area contributed by atoms with Gasteiger partial charge in [-0.3, -0.25) is 4.79 Å². The summed E-state index contributed by atoms with van der Waals surface area (Å²) in [7, 11) is -1.95. The summed E-state index contributed by atoms with van der Waals surface area (Å²) in [6.07, 6.45) is 3.61. The Kier molecular flexibility index (Phi) is 8.28.